The molecule has 0 aromatic carbocycles. The predicted octanol–water partition coefficient (Wildman–Crippen LogP) is 1.26. The van der Waals surface area contributed by atoms with Gasteiger partial charge in [-0.25, -0.2) is 14.8 Å². The van der Waals surface area contributed by atoms with E-state index in [0.29, 0.717) is 17.6 Å². The zero-order valence-electron chi connectivity index (χ0n) is 12.3. The number of likely N-dealkylation sites (tertiary alicyclic amines) is 1. The highest BCUT2D eigenvalue weighted by Gasteiger charge is 2.20. The Bertz CT molecular complexity index is 484. The molecule has 0 radical (unpaired) electrons. The van der Waals surface area contributed by atoms with E-state index >= 15 is 0 Å². The third-order valence-corrected chi connectivity index (χ3v) is 3.91. The Morgan fingerprint density at radius 2 is 2.15 bits per heavy atom. The lowest BCUT2D eigenvalue weighted by Gasteiger charge is -2.31. The Morgan fingerprint density at radius 1 is 1.50 bits per heavy atom. The van der Waals surface area contributed by atoms with E-state index in [9.17, 15) is 4.79 Å². The van der Waals surface area contributed by atoms with Crippen LogP contribution in [-0.2, 0) is 0 Å². The molecule has 20 heavy (non-hydrogen) atoms. The summed E-state index contributed by atoms with van der Waals surface area (Å²) in [6, 6.07) is 0. The largest absolute Gasteiger partial charge is 0.478 e. The van der Waals surface area contributed by atoms with E-state index in [4.69, 9.17) is 5.11 Å². The number of nitrogens with zero attached hydrogens (tertiary/aromatic N) is 4. The quantitative estimate of drug-likeness (QED) is 0.894. The number of aromatic carboxylic acids is 1. The van der Waals surface area contributed by atoms with Crippen molar-refractivity contribution in [3.8, 4) is 0 Å². The van der Waals surface area contributed by atoms with Gasteiger partial charge in [-0.2, -0.15) is 0 Å². The number of rotatable bonds is 4. The molecule has 0 bridgehead atoms. The van der Waals surface area contributed by atoms with Gasteiger partial charge in [0.2, 0.25) is 5.95 Å². The van der Waals surface area contributed by atoms with Gasteiger partial charge in [0.15, 0.2) is 0 Å². The maximum atomic E-state index is 11.0. The normalized spacial score (nSPS) is 17.1. The molecule has 1 N–H and O–H groups in total. The molecule has 1 fully saturated rings. The fourth-order valence-corrected chi connectivity index (χ4v) is 2.56. The van der Waals surface area contributed by atoms with Crippen LogP contribution >= 0.6 is 0 Å². The van der Waals surface area contributed by atoms with Gasteiger partial charge in [0.25, 0.3) is 0 Å². The molecule has 2 rings (SSSR count). The van der Waals surface area contributed by atoms with Gasteiger partial charge < -0.3 is 14.9 Å². The average Bonchev–Trinajstić information content (AvgIpc) is 2.40. The Kier molecular flexibility index (Phi) is 4.54. The summed E-state index contributed by atoms with van der Waals surface area (Å²) in [5.74, 6) is 0.276. The van der Waals surface area contributed by atoms with Crippen molar-refractivity contribution in [2.45, 2.75) is 19.8 Å². The Labute approximate surface area is 119 Å². The highest BCUT2D eigenvalue weighted by Crippen LogP contribution is 2.19. The first-order valence-electron chi connectivity index (χ1n) is 6.94. The van der Waals surface area contributed by atoms with Crippen LogP contribution < -0.4 is 4.90 Å². The van der Waals surface area contributed by atoms with E-state index in [1.807, 2.05) is 11.9 Å². The summed E-state index contributed by atoms with van der Waals surface area (Å²) in [5, 5.41) is 8.98. The molecule has 6 heteroatoms. The average molecular weight is 278 g/mol. The molecule has 2 heterocycles. The molecular formula is C14H22N4O2. The lowest BCUT2D eigenvalue weighted by atomic mass is 9.97. The number of hydrogen-bond donors (Lipinski definition) is 1. The molecule has 1 saturated heterocycles. The zero-order valence-corrected chi connectivity index (χ0v) is 12.3. The van der Waals surface area contributed by atoms with Gasteiger partial charge in [0, 0.05) is 19.8 Å². The molecular weight excluding hydrogens is 256 g/mol. The fourth-order valence-electron chi connectivity index (χ4n) is 2.56. The van der Waals surface area contributed by atoms with Crippen molar-refractivity contribution >= 4 is 11.9 Å². The SMILES string of the molecule is Cc1nc(N(C)CC2CCN(C)CC2)ncc1C(=O)O. The first-order chi connectivity index (χ1) is 9.47. The number of aromatic nitrogens is 2. The first kappa shape index (κ1) is 14.7. The second-order valence-electron chi connectivity index (χ2n) is 5.60. The van der Waals surface area contributed by atoms with Crippen molar-refractivity contribution < 1.29 is 9.90 Å². The van der Waals surface area contributed by atoms with E-state index in [1.54, 1.807) is 6.92 Å². The van der Waals surface area contributed by atoms with E-state index in [2.05, 4.69) is 21.9 Å². The number of piperidine rings is 1. The van der Waals surface area contributed by atoms with E-state index in [0.717, 1.165) is 19.6 Å². The highest BCUT2D eigenvalue weighted by atomic mass is 16.4. The van der Waals surface area contributed by atoms with Crippen LogP contribution in [0.25, 0.3) is 0 Å². The molecule has 0 aliphatic carbocycles. The second-order valence-corrected chi connectivity index (χ2v) is 5.60. The van der Waals surface area contributed by atoms with Gasteiger partial charge >= 0.3 is 5.97 Å². The molecule has 1 aliphatic rings. The molecule has 1 aliphatic heterocycles. The molecule has 0 spiro atoms. The van der Waals surface area contributed by atoms with Crippen molar-refractivity contribution in [2.75, 3.05) is 38.6 Å². The van der Waals surface area contributed by atoms with Crippen molar-refractivity contribution in [1.82, 2.24) is 14.9 Å². The standard InChI is InChI=1S/C14H22N4O2/c1-10-12(13(19)20)8-15-14(16-10)18(3)9-11-4-6-17(2)7-5-11/h8,11H,4-7,9H2,1-3H3,(H,19,20). The Balaban J connectivity index is 2.00. The van der Waals surface area contributed by atoms with E-state index in [-0.39, 0.29) is 5.56 Å². The van der Waals surface area contributed by atoms with Crippen molar-refractivity contribution in [2.24, 2.45) is 5.92 Å². The number of carboxylic acids is 1. The Morgan fingerprint density at radius 3 is 2.70 bits per heavy atom. The van der Waals surface area contributed by atoms with Gasteiger partial charge in [0.1, 0.15) is 0 Å². The smallest absolute Gasteiger partial charge is 0.339 e. The van der Waals surface area contributed by atoms with Crippen LogP contribution in [0.15, 0.2) is 6.20 Å². The van der Waals surface area contributed by atoms with Crippen LogP contribution in [0.1, 0.15) is 28.9 Å². The molecule has 1 aromatic rings. The van der Waals surface area contributed by atoms with E-state index in [1.165, 1.54) is 19.0 Å². The van der Waals surface area contributed by atoms with Crippen molar-refractivity contribution in [3.63, 3.8) is 0 Å². The van der Waals surface area contributed by atoms with Crippen LogP contribution in [0.3, 0.4) is 0 Å². The van der Waals surface area contributed by atoms with Crippen molar-refractivity contribution in [1.29, 1.82) is 0 Å². The first-order valence-corrected chi connectivity index (χ1v) is 6.94. The topological polar surface area (TPSA) is 69.6 Å². The molecule has 6 nitrogen and oxygen atoms in total. The third kappa shape index (κ3) is 3.45. The van der Waals surface area contributed by atoms with Gasteiger partial charge in [-0.05, 0) is 45.8 Å². The summed E-state index contributed by atoms with van der Waals surface area (Å²) in [6.45, 7) is 4.89. The minimum Gasteiger partial charge on any atom is -0.478 e. The van der Waals surface area contributed by atoms with Crippen molar-refractivity contribution in [3.05, 3.63) is 17.5 Å². The van der Waals surface area contributed by atoms with Crippen LogP contribution in [0.4, 0.5) is 5.95 Å². The second kappa shape index (κ2) is 6.17. The zero-order chi connectivity index (χ0) is 14.7. The van der Waals surface area contributed by atoms with E-state index < -0.39 is 5.97 Å². The summed E-state index contributed by atoms with van der Waals surface area (Å²) in [5.41, 5.74) is 0.680. The number of aryl methyl sites for hydroxylation is 1. The maximum absolute atomic E-state index is 11.0. The number of hydrogen-bond acceptors (Lipinski definition) is 5. The number of carboxylic acid groups (broad SMARTS) is 1. The van der Waals surface area contributed by atoms with Crippen LogP contribution in [0, 0.1) is 12.8 Å². The number of anilines is 1. The van der Waals surface area contributed by atoms with Gasteiger partial charge in [-0.3, -0.25) is 0 Å². The van der Waals surface area contributed by atoms with Gasteiger partial charge in [-0.15, -0.1) is 0 Å². The van der Waals surface area contributed by atoms with Gasteiger partial charge in [0.05, 0.1) is 11.3 Å². The monoisotopic (exact) mass is 278 g/mol. The highest BCUT2D eigenvalue weighted by molar-refractivity contribution is 5.88. The minimum absolute atomic E-state index is 0.168. The summed E-state index contributed by atoms with van der Waals surface area (Å²) in [7, 11) is 4.12. The molecule has 0 saturated carbocycles. The molecule has 0 unspecified atom stereocenters. The van der Waals surface area contributed by atoms with Crippen LogP contribution in [-0.4, -0.2) is 59.7 Å². The number of carbonyl (C=O) groups is 1. The third-order valence-electron chi connectivity index (χ3n) is 3.91. The Hall–Kier alpha value is -1.69. The minimum atomic E-state index is -0.980. The van der Waals surface area contributed by atoms with Crippen LogP contribution in [0.5, 0.6) is 0 Å². The molecule has 1 aromatic heterocycles. The molecule has 110 valence electrons. The fraction of sp³-hybridized carbons (Fsp3) is 0.643. The maximum Gasteiger partial charge on any atom is 0.339 e. The summed E-state index contributed by atoms with van der Waals surface area (Å²) < 4.78 is 0. The predicted molar refractivity (Wildman–Crippen MR) is 77.2 cm³/mol. The van der Waals surface area contributed by atoms with Gasteiger partial charge in [-0.1, -0.05) is 0 Å². The molecule has 0 atom stereocenters. The molecule has 0 amide bonds. The van der Waals surface area contributed by atoms with Crippen LogP contribution in [0.2, 0.25) is 0 Å². The summed E-state index contributed by atoms with van der Waals surface area (Å²) in [6.07, 6.45) is 3.77. The lowest BCUT2D eigenvalue weighted by molar-refractivity contribution is 0.0695. The summed E-state index contributed by atoms with van der Waals surface area (Å²) in [4.78, 5) is 23.8. The summed E-state index contributed by atoms with van der Waals surface area (Å²) >= 11 is 0. The lowest BCUT2D eigenvalue weighted by Crippen LogP contribution is -2.36.